The summed E-state index contributed by atoms with van der Waals surface area (Å²) < 4.78 is 36.9. The number of urea groups is 1. The van der Waals surface area contributed by atoms with E-state index in [0.29, 0.717) is 5.76 Å². The lowest BCUT2D eigenvalue weighted by molar-refractivity contribution is 0.177. The van der Waals surface area contributed by atoms with E-state index in [1.54, 1.807) is 32.4 Å². The van der Waals surface area contributed by atoms with Crippen LogP contribution in [0.5, 0.6) is 5.75 Å². The number of amides is 2. The molecule has 1 aromatic carbocycles. The van der Waals surface area contributed by atoms with Crippen LogP contribution in [0, 0.1) is 11.6 Å². The molecule has 1 N–H and O–H groups in total. The van der Waals surface area contributed by atoms with E-state index in [1.165, 1.54) is 11.0 Å². The molecular weight excluding hydrogens is 318 g/mol. The molecule has 1 heterocycles. The molecule has 0 bridgehead atoms. The SMILES string of the molecule is C[C@H](c1ccco1)N(C)C(=O)N[C@@H](C)COc1ccc(F)cc1F. The summed E-state index contributed by atoms with van der Waals surface area (Å²) in [7, 11) is 1.65. The van der Waals surface area contributed by atoms with Crippen LogP contribution in [0.15, 0.2) is 41.0 Å². The van der Waals surface area contributed by atoms with Crippen LogP contribution in [0.1, 0.15) is 25.6 Å². The summed E-state index contributed by atoms with van der Waals surface area (Å²) in [6.07, 6.45) is 1.55. The van der Waals surface area contributed by atoms with Crippen LogP contribution >= 0.6 is 0 Å². The van der Waals surface area contributed by atoms with Gasteiger partial charge in [-0.05, 0) is 38.1 Å². The molecule has 2 aromatic rings. The Hall–Kier alpha value is -2.57. The Morgan fingerprint density at radius 1 is 1.33 bits per heavy atom. The van der Waals surface area contributed by atoms with E-state index >= 15 is 0 Å². The van der Waals surface area contributed by atoms with Crippen LogP contribution in [0.4, 0.5) is 13.6 Å². The van der Waals surface area contributed by atoms with Gasteiger partial charge in [0, 0.05) is 13.1 Å². The molecule has 5 nitrogen and oxygen atoms in total. The number of rotatable bonds is 6. The Morgan fingerprint density at radius 2 is 2.08 bits per heavy atom. The number of furan rings is 1. The fourth-order valence-electron chi connectivity index (χ4n) is 2.06. The maximum atomic E-state index is 13.5. The van der Waals surface area contributed by atoms with Gasteiger partial charge < -0.3 is 19.4 Å². The van der Waals surface area contributed by atoms with Crippen molar-refractivity contribution >= 4 is 6.03 Å². The number of hydrogen-bond donors (Lipinski definition) is 1. The molecule has 0 aliphatic heterocycles. The summed E-state index contributed by atoms with van der Waals surface area (Å²) in [5.41, 5.74) is 0. The average Bonchev–Trinajstić information content (AvgIpc) is 3.07. The van der Waals surface area contributed by atoms with Crippen molar-refractivity contribution in [2.24, 2.45) is 0 Å². The number of benzene rings is 1. The molecule has 130 valence electrons. The highest BCUT2D eigenvalue weighted by Gasteiger charge is 2.21. The van der Waals surface area contributed by atoms with Crippen LogP contribution in [0.2, 0.25) is 0 Å². The molecule has 0 unspecified atom stereocenters. The third-order valence-electron chi connectivity index (χ3n) is 3.61. The molecule has 0 fully saturated rings. The number of halogens is 2. The quantitative estimate of drug-likeness (QED) is 0.873. The van der Waals surface area contributed by atoms with Gasteiger partial charge in [0.2, 0.25) is 0 Å². The molecule has 0 aliphatic rings. The summed E-state index contributed by atoms with van der Waals surface area (Å²) in [6, 6.07) is 5.71. The molecule has 2 rings (SSSR count). The van der Waals surface area contributed by atoms with Gasteiger partial charge in [0.25, 0.3) is 0 Å². The van der Waals surface area contributed by atoms with E-state index in [0.717, 1.165) is 12.1 Å². The Kier molecular flexibility index (Phi) is 5.78. The van der Waals surface area contributed by atoms with Gasteiger partial charge in [0.05, 0.1) is 18.3 Å². The monoisotopic (exact) mass is 338 g/mol. The first-order valence-electron chi connectivity index (χ1n) is 7.53. The molecule has 7 heteroatoms. The number of ether oxygens (including phenoxy) is 1. The topological polar surface area (TPSA) is 54.7 Å². The minimum absolute atomic E-state index is 0.0528. The zero-order valence-electron chi connectivity index (χ0n) is 13.8. The number of carbonyl (C=O) groups is 1. The zero-order valence-corrected chi connectivity index (χ0v) is 13.8. The molecule has 0 spiro atoms. The van der Waals surface area contributed by atoms with Crippen molar-refractivity contribution in [1.82, 2.24) is 10.2 Å². The Labute approximate surface area is 139 Å². The van der Waals surface area contributed by atoms with Crippen molar-refractivity contribution in [3.63, 3.8) is 0 Å². The number of hydrogen-bond acceptors (Lipinski definition) is 3. The van der Waals surface area contributed by atoms with Gasteiger partial charge in [-0.15, -0.1) is 0 Å². The minimum atomic E-state index is -0.780. The van der Waals surface area contributed by atoms with E-state index in [1.807, 2.05) is 6.92 Å². The van der Waals surface area contributed by atoms with Gasteiger partial charge in [0.1, 0.15) is 18.2 Å². The van der Waals surface area contributed by atoms with Gasteiger partial charge >= 0.3 is 6.03 Å². The van der Waals surface area contributed by atoms with E-state index in [9.17, 15) is 13.6 Å². The third kappa shape index (κ3) is 4.47. The van der Waals surface area contributed by atoms with Crippen LogP contribution in [-0.2, 0) is 0 Å². The number of nitrogens with zero attached hydrogens (tertiary/aromatic N) is 1. The molecule has 0 aliphatic carbocycles. The van der Waals surface area contributed by atoms with Crippen molar-refractivity contribution in [2.75, 3.05) is 13.7 Å². The summed E-state index contributed by atoms with van der Waals surface area (Å²) >= 11 is 0. The molecule has 0 saturated heterocycles. The largest absolute Gasteiger partial charge is 0.488 e. The van der Waals surface area contributed by atoms with E-state index in [2.05, 4.69) is 5.32 Å². The average molecular weight is 338 g/mol. The first kappa shape index (κ1) is 17.8. The maximum absolute atomic E-state index is 13.5. The molecule has 24 heavy (non-hydrogen) atoms. The lowest BCUT2D eigenvalue weighted by Crippen LogP contribution is -2.44. The predicted molar refractivity (Wildman–Crippen MR) is 84.7 cm³/mol. The lowest BCUT2D eigenvalue weighted by Gasteiger charge is -2.25. The highest BCUT2D eigenvalue weighted by atomic mass is 19.1. The Bertz CT molecular complexity index is 676. The molecule has 0 radical (unpaired) electrons. The second-order valence-electron chi connectivity index (χ2n) is 5.54. The van der Waals surface area contributed by atoms with Crippen LogP contribution < -0.4 is 10.1 Å². The first-order chi connectivity index (χ1) is 11.4. The standard InChI is InChI=1S/C17H20F2N2O3/c1-11(10-24-16-7-6-13(18)9-14(16)19)20-17(22)21(3)12(2)15-5-4-8-23-15/h4-9,11-12H,10H2,1-3H3,(H,20,22)/t11-,12+/m0/s1. The van der Waals surface area contributed by atoms with Crippen molar-refractivity contribution in [3.8, 4) is 5.75 Å². The second kappa shape index (κ2) is 7.81. The lowest BCUT2D eigenvalue weighted by atomic mass is 10.2. The summed E-state index contributed by atoms with van der Waals surface area (Å²) in [5, 5.41) is 2.75. The fourth-order valence-corrected chi connectivity index (χ4v) is 2.06. The number of nitrogens with one attached hydrogen (secondary N) is 1. The summed E-state index contributed by atoms with van der Waals surface area (Å²) in [5.74, 6) is -0.841. The van der Waals surface area contributed by atoms with Crippen LogP contribution in [0.3, 0.4) is 0 Å². The molecular formula is C17H20F2N2O3. The van der Waals surface area contributed by atoms with Gasteiger partial charge in [-0.2, -0.15) is 0 Å². The van der Waals surface area contributed by atoms with Crippen molar-refractivity contribution in [3.05, 3.63) is 54.0 Å². The van der Waals surface area contributed by atoms with Gasteiger partial charge in [-0.25, -0.2) is 13.6 Å². The second-order valence-corrected chi connectivity index (χ2v) is 5.54. The van der Waals surface area contributed by atoms with E-state index in [4.69, 9.17) is 9.15 Å². The molecule has 1 aromatic heterocycles. The predicted octanol–water partition coefficient (Wildman–Crippen LogP) is 3.73. The van der Waals surface area contributed by atoms with Crippen LogP contribution in [0.25, 0.3) is 0 Å². The maximum Gasteiger partial charge on any atom is 0.318 e. The molecule has 2 amide bonds. The smallest absolute Gasteiger partial charge is 0.318 e. The van der Waals surface area contributed by atoms with E-state index in [-0.39, 0.29) is 30.5 Å². The highest BCUT2D eigenvalue weighted by molar-refractivity contribution is 5.74. The molecule has 2 atom stereocenters. The summed E-state index contributed by atoms with van der Waals surface area (Å²) in [4.78, 5) is 13.7. The Balaban J connectivity index is 1.85. The van der Waals surface area contributed by atoms with Crippen molar-refractivity contribution in [1.29, 1.82) is 0 Å². The van der Waals surface area contributed by atoms with E-state index < -0.39 is 11.6 Å². The summed E-state index contributed by atoms with van der Waals surface area (Å²) in [6.45, 7) is 3.62. The van der Waals surface area contributed by atoms with Gasteiger partial charge in [-0.1, -0.05) is 0 Å². The number of carbonyl (C=O) groups excluding carboxylic acids is 1. The van der Waals surface area contributed by atoms with Crippen molar-refractivity contribution in [2.45, 2.75) is 25.9 Å². The van der Waals surface area contributed by atoms with Gasteiger partial charge in [0.15, 0.2) is 11.6 Å². The zero-order chi connectivity index (χ0) is 17.7. The van der Waals surface area contributed by atoms with Crippen LogP contribution in [-0.4, -0.2) is 30.6 Å². The molecule has 0 saturated carbocycles. The third-order valence-corrected chi connectivity index (χ3v) is 3.61. The van der Waals surface area contributed by atoms with Gasteiger partial charge in [-0.3, -0.25) is 0 Å². The first-order valence-corrected chi connectivity index (χ1v) is 7.53. The minimum Gasteiger partial charge on any atom is -0.488 e. The van der Waals surface area contributed by atoms with Crippen molar-refractivity contribution < 1.29 is 22.7 Å². The fraction of sp³-hybridized carbons (Fsp3) is 0.353. The Morgan fingerprint density at radius 3 is 2.71 bits per heavy atom. The highest BCUT2D eigenvalue weighted by Crippen LogP contribution is 2.19. The normalized spacial score (nSPS) is 13.2.